The average Bonchev–Trinajstić information content (AvgIpc) is 2.70. The summed E-state index contributed by atoms with van der Waals surface area (Å²) in [5.74, 6) is 0.870. The molecule has 1 radical (unpaired) electrons. The molecule has 1 aliphatic heterocycles. The van der Waals surface area contributed by atoms with Gasteiger partial charge in [-0.15, -0.1) is 0 Å². The van der Waals surface area contributed by atoms with Gasteiger partial charge in [-0.25, -0.2) is 4.79 Å². The van der Waals surface area contributed by atoms with E-state index in [-0.39, 0.29) is 30.2 Å². The summed E-state index contributed by atoms with van der Waals surface area (Å²) in [6.07, 6.45) is -0.352. The van der Waals surface area contributed by atoms with E-state index < -0.39 is 9.04 Å². The lowest BCUT2D eigenvalue weighted by Crippen LogP contribution is -2.49. The highest BCUT2D eigenvalue weighted by Gasteiger charge is 2.39. The number of carbonyl (C=O) groups is 1. The Hall–Kier alpha value is -2.31. The summed E-state index contributed by atoms with van der Waals surface area (Å²) in [5, 5.41) is 0. The van der Waals surface area contributed by atoms with Gasteiger partial charge in [0, 0.05) is 5.56 Å². The van der Waals surface area contributed by atoms with Gasteiger partial charge in [0.25, 0.3) is 0 Å². The number of rotatable bonds is 6. The van der Waals surface area contributed by atoms with Crippen LogP contribution in [0.25, 0.3) is 0 Å². The van der Waals surface area contributed by atoms with Gasteiger partial charge in [-0.1, -0.05) is 51.1 Å². The summed E-state index contributed by atoms with van der Waals surface area (Å²) in [6, 6.07) is 13.2. The van der Waals surface area contributed by atoms with Crippen molar-refractivity contribution in [2.45, 2.75) is 59.6 Å². The largest absolute Gasteiger partial charge is 0.486 e. The fourth-order valence-corrected chi connectivity index (χ4v) is 4.53. The van der Waals surface area contributed by atoms with Crippen LogP contribution >= 0.6 is 0 Å². The minimum absolute atomic E-state index is 0.104. The first-order valence-corrected chi connectivity index (χ1v) is 12.7. The van der Waals surface area contributed by atoms with Gasteiger partial charge in [0.1, 0.15) is 13.2 Å². The quantitative estimate of drug-likeness (QED) is 0.470. The maximum absolute atomic E-state index is 12.7. The van der Waals surface area contributed by atoms with Gasteiger partial charge in [0.2, 0.25) is 9.04 Å². The van der Waals surface area contributed by atoms with Crippen molar-refractivity contribution < 1.29 is 23.4 Å². The summed E-state index contributed by atoms with van der Waals surface area (Å²) >= 11 is 0. The first-order chi connectivity index (χ1) is 14.2. The molecule has 5 nitrogen and oxygen atoms in total. The molecule has 2 atom stereocenters. The molecule has 1 heterocycles. The number of carbonyl (C=O) groups excluding carboxylic acids is 1. The lowest BCUT2D eigenvalue weighted by atomic mass is 9.85. The van der Waals surface area contributed by atoms with Crippen LogP contribution < -0.4 is 9.47 Å². The summed E-state index contributed by atoms with van der Waals surface area (Å²) in [6.45, 7) is 13.2. The zero-order valence-corrected chi connectivity index (χ0v) is 19.7. The molecule has 2 aromatic rings. The van der Waals surface area contributed by atoms with Crippen molar-refractivity contribution >= 4 is 15.0 Å². The molecule has 0 saturated carbocycles. The van der Waals surface area contributed by atoms with E-state index in [4.69, 9.17) is 18.6 Å². The minimum atomic E-state index is -0.915. The van der Waals surface area contributed by atoms with Crippen molar-refractivity contribution in [1.82, 2.24) is 0 Å². The number of ether oxygens (including phenoxy) is 3. The molecule has 0 saturated heterocycles. The third-order valence-corrected chi connectivity index (χ3v) is 5.75. The van der Waals surface area contributed by atoms with Crippen LogP contribution in [0.4, 0.5) is 0 Å². The highest BCUT2D eigenvalue weighted by atomic mass is 28.3. The smallest absolute Gasteiger partial charge is 0.338 e. The van der Waals surface area contributed by atoms with Crippen molar-refractivity contribution in [1.29, 1.82) is 0 Å². The molecule has 0 aromatic heterocycles. The molecule has 3 rings (SSSR count). The van der Waals surface area contributed by atoms with Crippen LogP contribution in [0.1, 0.15) is 42.3 Å². The van der Waals surface area contributed by atoms with Crippen molar-refractivity contribution in [3.63, 3.8) is 0 Å². The Kier molecular flexibility index (Phi) is 6.88. The molecule has 0 amide bonds. The molecule has 0 spiro atoms. The van der Waals surface area contributed by atoms with Gasteiger partial charge in [-0.2, -0.15) is 0 Å². The van der Waals surface area contributed by atoms with E-state index in [0.717, 1.165) is 11.1 Å². The lowest BCUT2D eigenvalue weighted by molar-refractivity contribution is -0.0478. The van der Waals surface area contributed by atoms with Gasteiger partial charge < -0.3 is 18.6 Å². The molecular formula is C24H31O5Si. The summed E-state index contributed by atoms with van der Waals surface area (Å²) in [7, 11) is -0.915. The van der Waals surface area contributed by atoms with Gasteiger partial charge in [0.15, 0.2) is 17.6 Å². The molecule has 2 aromatic carbocycles. The normalized spacial score (nSPS) is 17.0. The van der Waals surface area contributed by atoms with Crippen LogP contribution in [-0.2, 0) is 15.8 Å². The van der Waals surface area contributed by atoms with Gasteiger partial charge >= 0.3 is 5.97 Å². The maximum atomic E-state index is 12.7. The lowest BCUT2D eigenvalue weighted by Gasteiger charge is -2.40. The second-order valence-electron chi connectivity index (χ2n) is 8.91. The number of hydrogen-bond donors (Lipinski definition) is 0. The van der Waals surface area contributed by atoms with Gasteiger partial charge in [0.05, 0.1) is 11.7 Å². The minimum Gasteiger partial charge on any atom is -0.486 e. The van der Waals surface area contributed by atoms with Crippen LogP contribution in [0.2, 0.25) is 13.1 Å². The van der Waals surface area contributed by atoms with Crippen molar-refractivity contribution in [2.75, 3.05) is 6.61 Å². The maximum Gasteiger partial charge on any atom is 0.338 e. The molecule has 6 heteroatoms. The molecule has 30 heavy (non-hydrogen) atoms. The second-order valence-corrected chi connectivity index (χ2v) is 11.0. The Morgan fingerprint density at radius 3 is 2.50 bits per heavy atom. The Bertz CT molecular complexity index is 873. The number of esters is 1. The van der Waals surface area contributed by atoms with Crippen LogP contribution in [-0.4, -0.2) is 33.8 Å². The molecule has 0 bridgehead atoms. The fourth-order valence-electron chi connectivity index (χ4n) is 3.52. The Morgan fingerprint density at radius 1 is 1.17 bits per heavy atom. The highest BCUT2D eigenvalue weighted by Crippen LogP contribution is 2.40. The molecule has 0 aliphatic carbocycles. The van der Waals surface area contributed by atoms with E-state index in [9.17, 15) is 4.79 Å². The van der Waals surface area contributed by atoms with E-state index in [1.54, 1.807) is 12.1 Å². The average molecular weight is 428 g/mol. The first-order valence-electron chi connectivity index (χ1n) is 10.3. The number of hydrogen-bond acceptors (Lipinski definition) is 5. The third kappa shape index (κ3) is 5.23. The Balaban J connectivity index is 1.79. The Morgan fingerprint density at radius 2 is 1.87 bits per heavy atom. The summed E-state index contributed by atoms with van der Waals surface area (Å²) in [4.78, 5) is 12.7. The predicted octanol–water partition coefficient (Wildman–Crippen LogP) is 5.17. The predicted molar refractivity (Wildman–Crippen MR) is 118 cm³/mol. The van der Waals surface area contributed by atoms with Crippen molar-refractivity contribution in [3.8, 4) is 11.5 Å². The van der Waals surface area contributed by atoms with Gasteiger partial charge in [-0.05, 0) is 43.1 Å². The standard InChI is InChI=1S/C24H31O5Si/c1-16-18(23(25)27-14-17-10-8-7-9-11-17)12-13-19-21(16)28-20(15-26-19)22(24(2,3)4)29-30(5)6/h7-13,20,22H,14-15H2,1-6H3. The second kappa shape index (κ2) is 9.23. The fraction of sp³-hybridized carbons (Fsp3) is 0.458. The van der Waals surface area contributed by atoms with Crippen molar-refractivity contribution in [3.05, 3.63) is 59.2 Å². The topological polar surface area (TPSA) is 54.0 Å². The summed E-state index contributed by atoms with van der Waals surface area (Å²) < 4.78 is 24.1. The van der Waals surface area contributed by atoms with E-state index in [2.05, 4.69) is 33.9 Å². The monoisotopic (exact) mass is 427 g/mol. The van der Waals surface area contributed by atoms with E-state index in [1.807, 2.05) is 37.3 Å². The van der Waals surface area contributed by atoms with Crippen LogP contribution in [0.5, 0.6) is 11.5 Å². The van der Waals surface area contributed by atoms with Crippen molar-refractivity contribution in [2.24, 2.45) is 5.41 Å². The van der Waals surface area contributed by atoms with Crippen LogP contribution in [0.3, 0.4) is 0 Å². The number of fused-ring (bicyclic) bond motifs is 1. The van der Waals surface area contributed by atoms with E-state index in [0.29, 0.717) is 23.7 Å². The van der Waals surface area contributed by atoms with Crippen LogP contribution in [0, 0.1) is 12.3 Å². The van der Waals surface area contributed by atoms with E-state index >= 15 is 0 Å². The van der Waals surface area contributed by atoms with E-state index in [1.165, 1.54) is 0 Å². The van der Waals surface area contributed by atoms with Gasteiger partial charge in [-0.3, -0.25) is 0 Å². The molecular weight excluding hydrogens is 396 g/mol. The molecule has 2 unspecified atom stereocenters. The molecule has 0 fully saturated rings. The summed E-state index contributed by atoms with van der Waals surface area (Å²) in [5.41, 5.74) is 2.05. The highest BCUT2D eigenvalue weighted by molar-refractivity contribution is 6.48. The first kappa shape index (κ1) is 22.4. The number of benzene rings is 2. The SMILES string of the molecule is Cc1c(C(=O)OCc2ccccc2)ccc2c1OC(C(O[Si](C)C)C(C)(C)C)CO2. The third-order valence-electron chi connectivity index (χ3n) is 5.03. The zero-order valence-electron chi connectivity index (χ0n) is 18.7. The zero-order chi connectivity index (χ0) is 21.9. The molecule has 1 aliphatic rings. The molecule has 161 valence electrons. The van der Waals surface area contributed by atoms with Crippen LogP contribution in [0.15, 0.2) is 42.5 Å². The molecule has 0 N–H and O–H groups in total. The Labute approximate surface area is 181 Å².